The van der Waals surface area contributed by atoms with E-state index in [2.05, 4.69) is 0 Å². The van der Waals surface area contributed by atoms with Gasteiger partial charge in [0.15, 0.2) is 0 Å². The maximum atomic E-state index is 13.6. The third-order valence-electron chi connectivity index (χ3n) is 2.93. The van der Waals surface area contributed by atoms with E-state index in [9.17, 15) is 14.3 Å². The number of carbonyl (C=O) groups is 1. The molecule has 0 atom stereocenters. The number of aliphatic hydroxyl groups excluding tert-OH is 1. The minimum absolute atomic E-state index is 0.0782. The molecule has 1 aliphatic rings. The number of benzene rings is 1. The number of piperidine rings is 1. The number of nitrogens with zero attached hydrogens (tertiary/aromatic N) is 1. The lowest BCUT2D eigenvalue weighted by molar-refractivity contribution is 0.0543. The second-order valence-electron chi connectivity index (χ2n) is 4.12. The van der Waals surface area contributed by atoms with Gasteiger partial charge in [0, 0.05) is 13.1 Å². The van der Waals surface area contributed by atoms with Gasteiger partial charge in [-0.2, -0.15) is 0 Å². The zero-order valence-electron chi connectivity index (χ0n) is 9.20. The molecule has 1 saturated heterocycles. The van der Waals surface area contributed by atoms with Crippen LogP contribution in [0.5, 0.6) is 0 Å². The van der Waals surface area contributed by atoms with Crippen LogP contribution in [0.2, 0.25) is 5.02 Å². The van der Waals surface area contributed by atoms with E-state index in [1.165, 1.54) is 23.1 Å². The predicted octanol–water partition coefficient (Wildman–Crippen LogP) is 2.08. The van der Waals surface area contributed by atoms with Crippen molar-refractivity contribution in [1.82, 2.24) is 4.90 Å². The molecular formula is C12H13ClFNO2. The summed E-state index contributed by atoms with van der Waals surface area (Å²) >= 11 is 5.84. The fraction of sp³-hybridized carbons (Fsp3) is 0.417. The predicted molar refractivity (Wildman–Crippen MR) is 62.6 cm³/mol. The molecule has 5 heteroatoms. The molecule has 1 heterocycles. The monoisotopic (exact) mass is 257 g/mol. The Labute approximate surface area is 104 Å². The van der Waals surface area contributed by atoms with E-state index in [1.807, 2.05) is 0 Å². The van der Waals surface area contributed by atoms with Crippen LogP contribution in [0.4, 0.5) is 4.39 Å². The molecule has 0 spiro atoms. The molecule has 3 nitrogen and oxygen atoms in total. The fourth-order valence-corrected chi connectivity index (χ4v) is 2.17. The molecule has 92 valence electrons. The molecule has 1 aromatic rings. The van der Waals surface area contributed by atoms with Crippen molar-refractivity contribution in [1.29, 1.82) is 0 Å². The molecule has 0 bridgehead atoms. The van der Waals surface area contributed by atoms with Gasteiger partial charge in [-0.3, -0.25) is 4.79 Å². The summed E-state index contributed by atoms with van der Waals surface area (Å²) in [5.74, 6) is -1.01. The van der Waals surface area contributed by atoms with Crippen LogP contribution in [0, 0.1) is 5.82 Å². The summed E-state index contributed by atoms with van der Waals surface area (Å²) in [5, 5.41) is 9.48. The minimum Gasteiger partial charge on any atom is -0.393 e. The number of aliphatic hydroxyl groups is 1. The fourth-order valence-electron chi connectivity index (χ4n) is 1.93. The first-order chi connectivity index (χ1) is 8.09. The summed E-state index contributed by atoms with van der Waals surface area (Å²) in [7, 11) is 0. The van der Waals surface area contributed by atoms with Gasteiger partial charge in [0.1, 0.15) is 5.82 Å². The van der Waals surface area contributed by atoms with E-state index >= 15 is 0 Å². The highest BCUT2D eigenvalue weighted by atomic mass is 35.5. The summed E-state index contributed by atoms with van der Waals surface area (Å²) in [5.41, 5.74) is -0.0782. The molecule has 1 aromatic carbocycles. The number of halogens is 2. The average molecular weight is 258 g/mol. The van der Waals surface area contributed by atoms with Crippen LogP contribution in [-0.4, -0.2) is 35.1 Å². The van der Waals surface area contributed by atoms with Crippen LogP contribution < -0.4 is 0 Å². The lowest BCUT2D eigenvalue weighted by Gasteiger charge is -2.29. The summed E-state index contributed by atoms with van der Waals surface area (Å²) in [4.78, 5) is 13.6. The highest BCUT2D eigenvalue weighted by Gasteiger charge is 2.25. The summed E-state index contributed by atoms with van der Waals surface area (Å²) in [6.45, 7) is 0.870. The van der Waals surface area contributed by atoms with Crippen LogP contribution in [-0.2, 0) is 0 Å². The maximum Gasteiger partial charge on any atom is 0.258 e. The Kier molecular flexibility index (Phi) is 3.64. The second kappa shape index (κ2) is 5.02. The van der Waals surface area contributed by atoms with Crippen LogP contribution in [0.1, 0.15) is 23.2 Å². The quantitative estimate of drug-likeness (QED) is 0.837. The van der Waals surface area contributed by atoms with Gasteiger partial charge in [0.25, 0.3) is 5.91 Å². The first kappa shape index (κ1) is 12.3. The highest BCUT2D eigenvalue weighted by Crippen LogP contribution is 2.22. The van der Waals surface area contributed by atoms with E-state index in [-0.39, 0.29) is 16.7 Å². The molecule has 1 aliphatic heterocycles. The van der Waals surface area contributed by atoms with Crippen LogP contribution >= 0.6 is 11.6 Å². The molecular weight excluding hydrogens is 245 g/mol. The Morgan fingerprint density at radius 1 is 1.41 bits per heavy atom. The Morgan fingerprint density at radius 2 is 2.06 bits per heavy atom. The number of hydrogen-bond acceptors (Lipinski definition) is 2. The van der Waals surface area contributed by atoms with Crippen LogP contribution in [0.25, 0.3) is 0 Å². The van der Waals surface area contributed by atoms with Gasteiger partial charge in [-0.05, 0) is 25.0 Å². The molecule has 2 rings (SSSR count). The highest BCUT2D eigenvalue weighted by molar-refractivity contribution is 6.33. The van der Waals surface area contributed by atoms with Gasteiger partial charge in [-0.25, -0.2) is 4.39 Å². The minimum atomic E-state index is -0.603. The van der Waals surface area contributed by atoms with Crippen molar-refractivity contribution in [3.63, 3.8) is 0 Å². The third-order valence-corrected chi connectivity index (χ3v) is 3.24. The molecule has 1 fully saturated rings. The molecule has 0 saturated carbocycles. The smallest absolute Gasteiger partial charge is 0.258 e. The number of hydrogen-bond donors (Lipinski definition) is 1. The van der Waals surface area contributed by atoms with Gasteiger partial charge in [-0.1, -0.05) is 17.7 Å². The topological polar surface area (TPSA) is 40.5 Å². The van der Waals surface area contributed by atoms with E-state index < -0.39 is 11.7 Å². The van der Waals surface area contributed by atoms with Crippen LogP contribution in [0.3, 0.4) is 0 Å². The van der Waals surface area contributed by atoms with Crippen molar-refractivity contribution in [2.45, 2.75) is 18.9 Å². The summed E-state index contributed by atoms with van der Waals surface area (Å²) in [6.07, 6.45) is 0.686. The standard InChI is InChI=1S/C12H13ClFNO2/c13-9-2-1-3-10(14)11(9)12(17)15-6-4-8(16)5-7-15/h1-3,8,16H,4-7H2. The number of carbonyl (C=O) groups excluding carboxylic acids is 1. The molecule has 1 N–H and O–H groups in total. The maximum absolute atomic E-state index is 13.6. The molecule has 0 unspecified atom stereocenters. The largest absolute Gasteiger partial charge is 0.393 e. The summed E-state index contributed by atoms with van der Waals surface area (Å²) in [6, 6.07) is 4.18. The van der Waals surface area contributed by atoms with Crippen molar-refractivity contribution in [2.24, 2.45) is 0 Å². The zero-order chi connectivity index (χ0) is 12.4. The lowest BCUT2D eigenvalue weighted by atomic mass is 10.1. The van der Waals surface area contributed by atoms with Crippen molar-refractivity contribution in [3.05, 3.63) is 34.6 Å². The van der Waals surface area contributed by atoms with Gasteiger partial charge >= 0.3 is 0 Å². The normalized spacial score (nSPS) is 17.2. The average Bonchev–Trinajstić information content (AvgIpc) is 2.29. The number of rotatable bonds is 1. The number of amides is 1. The Balaban J connectivity index is 2.20. The van der Waals surface area contributed by atoms with Crippen molar-refractivity contribution < 1.29 is 14.3 Å². The molecule has 17 heavy (non-hydrogen) atoms. The van der Waals surface area contributed by atoms with E-state index in [1.54, 1.807) is 0 Å². The lowest BCUT2D eigenvalue weighted by Crippen LogP contribution is -2.40. The molecule has 1 amide bonds. The van der Waals surface area contributed by atoms with Gasteiger partial charge in [0.2, 0.25) is 0 Å². The van der Waals surface area contributed by atoms with E-state index in [0.29, 0.717) is 25.9 Å². The molecule has 0 aromatic heterocycles. The second-order valence-corrected chi connectivity index (χ2v) is 4.53. The van der Waals surface area contributed by atoms with E-state index in [4.69, 9.17) is 11.6 Å². The zero-order valence-corrected chi connectivity index (χ0v) is 9.95. The first-order valence-electron chi connectivity index (χ1n) is 5.51. The Morgan fingerprint density at radius 3 is 2.65 bits per heavy atom. The van der Waals surface area contributed by atoms with Gasteiger partial charge < -0.3 is 10.0 Å². The van der Waals surface area contributed by atoms with Crippen molar-refractivity contribution in [2.75, 3.05) is 13.1 Å². The van der Waals surface area contributed by atoms with Crippen molar-refractivity contribution >= 4 is 17.5 Å². The van der Waals surface area contributed by atoms with E-state index in [0.717, 1.165) is 0 Å². The number of likely N-dealkylation sites (tertiary alicyclic amines) is 1. The molecule has 0 aliphatic carbocycles. The Hall–Kier alpha value is -1.13. The van der Waals surface area contributed by atoms with Gasteiger partial charge in [-0.15, -0.1) is 0 Å². The molecule has 0 radical (unpaired) electrons. The third kappa shape index (κ3) is 2.58. The summed E-state index contributed by atoms with van der Waals surface area (Å²) < 4.78 is 13.6. The van der Waals surface area contributed by atoms with Crippen molar-refractivity contribution in [3.8, 4) is 0 Å². The van der Waals surface area contributed by atoms with Gasteiger partial charge in [0.05, 0.1) is 16.7 Å². The Bertz CT molecular complexity index is 410. The first-order valence-corrected chi connectivity index (χ1v) is 5.88. The SMILES string of the molecule is O=C(c1c(F)cccc1Cl)N1CCC(O)CC1. The van der Waals surface area contributed by atoms with Crippen LogP contribution in [0.15, 0.2) is 18.2 Å².